The van der Waals surface area contributed by atoms with Crippen LogP contribution in [0.4, 0.5) is 13.2 Å². The second kappa shape index (κ2) is 5.38. The maximum absolute atomic E-state index is 12.3. The Balaban J connectivity index is 0.00000225. The van der Waals surface area contributed by atoms with Crippen molar-refractivity contribution in [2.24, 2.45) is 11.5 Å². The van der Waals surface area contributed by atoms with E-state index in [4.69, 9.17) is 11.5 Å². The van der Waals surface area contributed by atoms with E-state index in [9.17, 15) is 18.3 Å². The summed E-state index contributed by atoms with van der Waals surface area (Å²) in [5.41, 5.74) is 9.83. The van der Waals surface area contributed by atoms with Crippen molar-refractivity contribution in [2.75, 3.05) is 6.54 Å². The van der Waals surface area contributed by atoms with Crippen LogP contribution >= 0.6 is 12.4 Å². The number of halogens is 4. The van der Waals surface area contributed by atoms with Gasteiger partial charge in [0.2, 0.25) is 0 Å². The van der Waals surface area contributed by atoms with Crippen molar-refractivity contribution < 1.29 is 18.3 Å². The van der Waals surface area contributed by atoms with E-state index in [0.717, 1.165) is 18.2 Å². The highest BCUT2D eigenvalue weighted by Crippen LogP contribution is 2.33. The summed E-state index contributed by atoms with van der Waals surface area (Å²) < 4.78 is 36.9. The third-order valence-electron chi connectivity index (χ3n) is 2.01. The van der Waals surface area contributed by atoms with Gasteiger partial charge >= 0.3 is 6.18 Å². The smallest absolute Gasteiger partial charge is 0.416 e. The van der Waals surface area contributed by atoms with Crippen LogP contribution in [-0.2, 0) is 6.18 Å². The fourth-order valence-corrected chi connectivity index (χ4v) is 1.15. The van der Waals surface area contributed by atoms with E-state index < -0.39 is 17.8 Å². The SMILES string of the molecule is Cl.NC[C@@H](N)c1cc(C(F)(F)F)ccc1O. The number of nitrogens with two attached hydrogens (primary N) is 2. The minimum atomic E-state index is -4.45. The first-order valence-corrected chi connectivity index (χ1v) is 4.22. The summed E-state index contributed by atoms with van der Waals surface area (Å²) in [7, 11) is 0. The molecule has 0 spiro atoms. The summed E-state index contributed by atoms with van der Waals surface area (Å²) in [6, 6.07) is 1.77. The fraction of sp³-hybridized carbons (Fsp3) is 0.333. The summed E-state index contributed by atoms with van der Waals surface area (Å²) in [6.45, 7) is -0.0329. The Morgan fingerprint density at radius 3 is 2.31 bits per heavy atom. The lowest BCUT2D eigenvalue weighted by Crippen LogP contribution is -2.21. The Morgan fingerprint density at radius 2 is 1.88 bits per heavy atom. The quantitative estimate of drug-likeness (QED) is 0.755. The molecule has 0 aromatic heterocycles. The van der Waals surface area contributed by atoms with Crippen molar-refractivity contribution in [2.45, 2.75) is 12.2 Å². The standard InChI is InChI=1S/C9H11F3N2O.ClH/c10-9(11,12)5-1-2-8(15)6(3-5)7(14)4-13;/h1-3,7,15H,4,13-14H2;1H/t7-;/m1./s1. The first kappa shape index (κ1) is 15.0. The topological polar surface area (TPSA) is 72.3 Å². The second-order valence-corrected chi connectivity index (χ2v) is 3.11. The van der Waals surface area contributed by atoms with Gasteiger partial charge in [0.25, 0.3) is 0 Å². The predicted octanol–water partition coefficient (Wildman–Crippen LogP) is 1.79. The highest BCUT2D eigenvalue weighted by atomic mass is 35.5. The van der Waals surface area contributed by atoms with Crippen molar-refractivity contribution in [1.82, 2.24) is 0 Å². The lowest BCUT2D eigenvalue weighted by atomic mass is 10.0. The minimum Gasteiger partial charge on any atom is -0.508 e. The number of rotatable bonds is 2. The fourth-order valence-electron chi connectivity index (χ4n) is 1.15. The van der Waals surface area contributed by atoms with E-state index in [2.05, 4.69) is 0 Å². The molecule has 0 saturated heterocycles. The molecule has 1 aromatic carbocycles. The molecule has 16 heavy (non-hydrogen) atoms. The Labute approximate surface area is 96.6 Å². The van der Waals surface area contributed by atoms with Crippen molar-refractivity contribution in [3.63, 3.8) is 0 Å². The zero-order valence-electron chi connectivity index (χ0n) is 8.16. The van der Waals surface area contributed by atoms with Crippen LogP contribution in [0.15, 0.2) is 18.2 Å². The van der Waals surface area contributed by atoms with Gasteiger partial charge < -0.3 is 16.6 Å². The van der Waals surface area contributed by atoms with Gasteiger partial charge in [-0.2, -0.15) is 13.2 Å². The molecule has 0 aliphatic rings. The van der Waals surface area contributed by atoms with E-state index in [-0.39, 0.29) is 30.3 Å². The molecule has 5 N–H and O–H groups in total. The number of hydrogen-bond acceptors (Lipinski definition) is 3. The van der Waals surface area contributed by atoms with Crippen LogP contribution in [0.3, 0.4) is 0 Å². The van der Waals surface area contributed by atoms with E-state index in [0.29, 0.717) is 0 Å². The number of aromatic hydroxyl groups is 1. The molecule has 92 valence electrons. The van der Waals surface area contributed by atoms with E-state index in [1.54, 1.807) is 0 Å². The van der Waals surface area contributed by atoms with Crippen molar-refractivity contribution in [3.8, 4) is 5.75 Å². The summed E-state index contributed by atoms with van der Waals surface area (Å²) in [6.07, 6.45) is -4.45. The summed E-state index contributed by atoms with van der Waals surface area (Å²) in [5, 5.41) is 9.30. The van der Waals surface area contributed by atoms with Crippen molar-refractivity contribution in [1.29, 1.82) is 0 Å². The lowest BCUT2D eigenvalue weighted by Gasteiger charge is -2.14. The summed E-state index contributed by atoms with van der Waals surface area (Å²) in [4.78, 5) is 0. The average molecular weight is 257 g/mol. The minimum absolute atomic E-state index is 0. The molecular weight excluding hydrogens is 245 g/mol. The second-order valence-electron chi connectivity index (χ2n) is 3.11. The van der Waals surface area contributed by atoms with Gasteiger partial charge in [-0.3, -0.25) is 0 Å². The van der Waals surface area contributed by atoms with Gasteiger partial charge in [0.1, 0.15) is 5.75 Å². The molecule has 0 aliphatic carbocycles. The molecule has 1 atom stereocenters. The van der Waals surface area contributed by atoms with Gasteiger partial charge in [-0.25, -0.2) is 0 Å². The molecule has 0 unspecified atom stereocenters. The van der Waals surface area contributed by atoms with Crippen LogP contribution in [0.1, 0.15) is 17.2 Å². The molecule has 0 bridgehead atoms. The Hall–Kier alpha value is -0.980. The molecule has 0 amide bonds. The van der Waals surface area contributed by atoms with Crippen LogP contribution in [0, 0.1) is 0 Å². The predicted molar refractivity (Wildman–Crippen MR) is 56.3 cm³/mol. The Kier molecular flexibility index (Phi) is 5.05. The number of benzene rings is 1. The monoisotopic (exact) mass is 256 g/mol. The van der Waals surface area contributed by atoms with Crippen LogP contribution < -0.4 is 11.5 Å². The zero-order chi connectivity index (χ0) is 11.6. The molecule has 0 heterocycles. The highest BCUT2D eigenvalue weighted by molar-refractivity contribution is 5.85. The normalized spacial score (nSPS) is 13.1. The molecule has 1 aromatic rings. The number of phenols is 1. The third kappa shape index (κ3) is 3.26. The van der Waals surface area contributed by atoms with Gasteiger partial charge in [-0.1, -0.05) is 0 Å². The maximum Gasteiger partial charge on any atom is 0.416 e. The van der Waals surface area contributed by atoms with Gasteiger partial charge in [0.15, 0.2) is 0 Å². The molecule has 3 nitrogen and oxygen atoms in total. The lowest BCUT2D eigenvalue weighted by molar-refractivity contribution is -0.137. The first-order valence-electron chi connectivity index (χ1n) is 4.22. The van der Waals surface area contributed by atoms with Crippen LogP contribution in [0.2, 0.25) is 0 Å². The van der Waals surface area contributed by atoms with Crippen LogP contribution in [0.5, 0.6) is 5.75 Å². The van der Waals surface area contributed by atoms with E-state index >= 15 is 0 Å². The largest absolute Gasteiger partial charge is 0.508 e. The summed E-state index contributed by atoms with van der Waals surface area (Å²) in [5.74, 6) is -0.277. The Bertz CT molecular complexity index is 357. The molecule has 0 saturated carbocycles. The molecular formula is C9H12ClF3N2O. The molecule has 1 rings (SSSR count). The summed E-state index contributed by atoms with van der Waals surface area (Å²) >= 11 is 0. The van der Waals surface area contributed by atoms with Gasteiger partial charge in [0.05, 0.1) is 5.56 Å². The number of hydrogen-bond donors (Lipinski definition) is 3. The van der Waals surface area contributed by atoms with E-state index in [1.807, 2.05) is 0 Å². The number of phenolic OH excluding ortho intramolecular Hbond substituents is 1. The molecule has 0 aliphatic heterocycles. The van der Waals surface area contributed by atoms with Crippen molar-refractivity contribution >= 4 is 12.4 Å². The molecule has 0 radical (unpaired) electrons. The van der Waals surface area contributed by atoms with Gasteiger partial charge in [0, 0.05) is 18.2 Å². The first-order chi connectivity index (χ1) is 6.86. The van der Waals surface area contributed by atoms with Crippen LogP contribution in [0.25, 0.3) is 0 Å². The van der Waals surface area contributed by atoms with E-state index in [1.165, 1.54) is 0 Å². The average Bonchev–Trinajstić information content (AvgIpc) is 2.15. The molecule has 7 heteroatoms. The van der Waals surface area contributed by atoms with Gasteiger partial charge in [-0.05, 0) is 18.2 Å². The number of alkyl halides is 3. The van der Waals surface area contributed by atoms with Crippen LogP contribution in [-0.4, -0.2) is 11.7 Å². The van der Waals surface area contributed by atoms with Gasteiger partial charge in [-0.15, -0.1) is 12.4 Å². The Morgan fingerprint density at radius 1 is 1.31 bits per heavy atom. The third-order valence-corrected chi connectivity index (χ3v) is 2.01. The highest BCUT2D eigenvalue weighted by Gasteiger charge is 2.31. The maximum atomic E-state index is 12.3. The molecule has 0 fully saturated rings. The van der Waals surface area contributed by atoms with Crippen molar-refractivity contribution in [3.05, 3.63) is 29.3 Å². The zero-order valence-corrected chi connectivity index (χ0v) is 8.98.